The average molecular weight is 473 g/mol. The fourth-order valence-electron chi connectivity index (χ4n) is 4.22. The van der Waals surface area contributed by atoms with Gasteiger partial charge in [0.1, 0.15) is 11.3 Å². The predicted molar refractivity (Wildman–Crippen MR) is 134 cm³/mol. The zero-order valence-corrected chi connectivity index (χ0v) is 19.5. The number of thioether (sulfide) groups is 1. The molecule has 1 N–H and O–H groups in total. The van der Waals surface area contributed by atoms with Crippen LogP contribution in [0, 0.1) is 0 Å². The molecule has 6 nitrogen and oxygen atoms in total. The van der Waals surface area contributed by atoms with Crippen LogP contribution in [0.1, 0.15) is 20.7 Å². The lowest BCUT2D eigenvalue weighted by molar-refractivity contribution is 0.0737. The van der Waals surface area contributed by atoms with E-state index >= 15 is 0 Å². The minimum atomic E-state index is -0.171. The van der Waals surface area contributed by atoms with Crippen LogP contribution in [0.25, 0.3) is 22.1 Å². The van der Waals surface area contributed by atoms with Gasteiger partial charge < -0.3 is 19.4 Å². The SMILES string of the molecule is COc1ccc(-c2ccccc2C(=O)N2CSC[C@H]2CNC(=O)c2cccc3occc23)cc1. The first-order chi connectivity index (χ1) is 16.7. The zero-order valence-electron chi connectivity index (χ0n) is 18.7. The van der Waals surface area contributed by atoms with E-state index < -0.39 is 0 Å². The van der Waals surface area contributed by atoms with Crippen LogP contribution in [-0.2, 0) is 0 Å². The van der Waals surface area contributed by atoms with Gasteiger partial charge in [0, 0.05) is 23.2 Å². The topological polar surface area (TPSA) is 71.8 Å². The Labute approximate surface area is 201 Å². The number of ether oxygens (including phenoxy) is 1. The average Bonchev–Trinajstić information content (AvgIpc) is 3.56. The van der Waals surface area contributed by atoms with Gasteiger partial charge in [-0.15, -0.1) is 11.8 Å². The van der Waals surface area contributed by atoms with E-state index in [0.717, 1.165) is 28.0 Å². The van der Waals surface area contributed by atoms with Crippen molar-refractivity contribution in [2.75, 3.05) is 25.3 Å². The van der Waals surface area contributed by atoms with Gasteiger partial charge in [-0.2, -0.15) is 0 Å². The van der Waals surface area contributed by atoms with E-state index in [1.165, 1.54) is 0 Å². The molecule has 7 heteroatoms. The molecule has 5 rings (SSSR count). The van der Waals surface area contributed by atoms with E-state index in [9.17, 15) is 9.59 Å². The Morgan fingerprint density at radius 2 is 1.82 bits per heavy atom. The third-order valence-corrected chi connectivity index (χ3v) is 7.12. The Kier molecular flexibility index (Phi) is 6.27. The number of carbonyl (C=O) groups excluding carboxylic acids is 2. The molecule has 1 aromatic heterocycles. The number of hydrogen-bond donors (Lipinski definition) is 1. The normalized spacial score (nSPS) is 15.4. The number of rotatable bonds is 6. The molecule has 34 heavy (non-hydrogen) atoms. The van der Waals surface area contributed by atoms with Crippen molar-refractivity contribution in [1.82, 2.24) is 10.2 Å². The molecular weight excluding hydrogens is 448 g/mol. The fraction of sp³-hybridized carbons (Fsp3) is 0.185. The molecule has 2 heterocycles. The maximum atomic E-state index is 13.6. The molecule has 0 saturated carbocycles. The van der Waals surface area contributed by atoms with Gasteiger partial charge in [0.15, 0.2) is 0 Å². The van der Waals surface area contributed by atoms with Gasteiger partial charge in [-0.05, 0) is 47.5 Å². The van der Waals surface area contributed by atoms with Crippen molar-refractivity contribution in [3.05, 3.63) is 90.2 Å². The third kappa shape index (κ3) is 4.26. The molecule has 3 aromatic carbocycles. The van der Waals surface area contributed by atoms with Crippen LogP contribution < -0.4 is 10.1 Å². The van der Waals surface area contributed by atoms with Crippen LogP contribution >= 0.6 is 11.8 Å². The Morgan fingerprint density at radius 1 is 1.03 bits per heavy atom. The first kappa shape index (κ1) is 22.1. The number of carbonyl (C=O) groups is 2. The molecule has 0 unspecified atom stereocenters. The van der Waals surface area contributed by atoms with Gasteiger partial charge in [0.05, 0.1) is 30.9 Å². The number of benzene rings is 3. The molecule has 0 bridgehead atoms. The van der Waals surface area contributed by atoms with Crippen molar-refractivity contribution >= 4 is 34.5 Å². The molecule has 0 aliphatic carbocycles. The van der Waals surface area contributed by atoms with E-state index in [1.807, 2.05) is 59.5 Å². The zero-order chi connectivity index (χ0) is 23.5. The highest BCUT2D eigenvalue weighted by Crippen LogP contribution is 2.30. The lowest BCUT2D eigenvalue weighted by Gasteiger charge is -2.25. The molecule has 1 fully saturated rings. The van der Waals surface area contributed by atoms with Crippen molar-refractivity contribution in [3.63, 3.8) is 0 Å². The Balaban J connectivity index is 1.33. The van der Waals surface area contributed by atoms with Crippen molar-refractivity contribution < 1.29 is 18.7 Å². The highest BCUT2D eigenvalue weighted by molar-refractivity contribution is 7.99. The summed E-state index contributed by atoms with van der Waals surface area (Å²) in [6.07, 6.45) is 1.58. The first-order valence-electron chi connectivity index (χ1n) is 11.0. The van der Waals surface area contributed by atoms with Gasteiger partial charge in [-0.1, -0.05) is 36.4 Å². The summed E-state index contributed by atoms with van der Waals surface area (Å²) in [5.74, 6) is 1.92. The van der Waals surface area contributed by atoms with Gasteiger partial charge in [-0.25, -0.2) is 0 Å². The van der Waals surface area contributed by atoms with Crippen LogP contribution in [0.2, 0.25) is 0 Å². The minimum absolute atomic E-state index is 0.0346. The van der Waals surface area contributed by atoms with Gasteiger partial charge in [-0.3, -0.25) is 9.59 Å². The second kappa shape index (κ2) is 9.65. The molecule has 4 aromatic rings. The first-order valence-corrected chi connectivity index (χ1v) is 12.2. The van der Waals surface area contributed by atoms with E-state index in [4.69, 9.17) is 9.15 Å². The maximum Gasteiger partial charge on any atom is 0.255 e. The van der Waals surface area contributed by atoms with E-state index in [1.54, 1.807) is 43.3 Å². The maximum absolute atomic E-state index is 13.6. The van der Waals surface area contributed by atoms with Crippen molar-refractivity contribution in [3.8, 4) is 16.9 Å². The minimum Gasteiger partial charge on any atom is -0.497 e. The number of methoxy groups -OCH3 is 1. The summed E-state index contributed by atoms with van der Waals surface area (Å²) in [6, 6.07) is 22.5. The Bertz CT molecular complexity index is 1330. The van der Waals surface area contributed by atoms with E-state index in [0.29, 0.717) is 29.1 Å². The largest absolute Gasteiger partial charge is 0.497 e. The molecule has 2 amide bonds. The van der Waals surface area contributed by atoms with Crippen LogP contribution in [0.15, 0.2) is 83.5 Å². The summed E-state index contributed by atoms with van der Waals surface area (Å²) < 4.78 is 10.7. The molecule has 1 aliphatic heterocycles. The number of nitrogens with one attached hydrogen (secondary N) is 1. The molecule has 1 saturated heterocycles. The Hall–Kier alpha value is -3.71. The van der Waals surface area contributed by atoms with E-state index in [-0.39, 0.29) is 17.9 Å². The summed E-state index contributed by atoms with van der Waals surface area (Å²) in [5.41, 5.74) is 3.72. The number of fused-ring (bicyclic) bond motifs is 1. The highest BCUT2D eigenvalue weighted by Gasteiger charge is 2.31. The number of furan rings is 1. The van der Waals surface area contributed by atoms with Gasteiger partial charge in [0.25, 0.3) is 11.8 Å². The molecule has 1 atom stereocenters. The molecule has 0 spiro atoms. The summed E-state index contributed by atoms with van der Waals surface area (Å²) in [6.45, 7) is 0.385. The number of amides is 2. The summed E-state index contributed by atoms with van der Waals surface area (Å²) in [5, 5.41) is 3.80. The van der Waals surface area contributed by atoms with Crippen molar-refractivity contribution in [1.29, 1.82) is 0 Å². The second-order valence-electron chi connectivity index (χ2n) is 8.05. The fourth-order valence-corrected chi connectivity index (χ4v) is 5.42. The standard InChI is InChI=1S/C27H24N2O4S/c1-32-20-11-9-18(10-12-20)21-5-2-3-6-24(21)27(31)29-17-34-16-19(29)15-28-26(30)23-7-4-8-25-22(23)13-14-33-25/h2-14,19H,15-17H2,1H3,(H,28,30)/t19-/m1/s1. The Morgan fingerprint density at radius 3 is 2.65 bits per heavy atom. The number of nitrogens with zero attached hydrogens (tertiary/aromatic N) is 1. The molecule has 0 radical (unpaired) electrons. The van der Waals surface area contributed by atoms with Crippen LogP contribution in [0.4, 0.5) is 0 Å². The van der Waals surface area contributed by atoms with Crippen molar-refractivity contribution in [2.24, 2.45) is 0 Å². The number of hydrogen-bond acceptors (Lipinski definition) is 5. The second-order valence-corrected chi connectivity index (χ2v) is 9.05. The van der Waals surface area contributed by atoms with Crippen LogP contribution in [-0.4, -0.2) is 48.0 Å². The molecular formula is C27H24N2O4S. The third-order valence-electron chi connectivity index (χ3n) is 6.04. The van der Waals surface area contributed by atoms with Crippen molar-refractivity contribution in [2.45, 2.75) is 6.04 Å². The van der Waals surface area contributed by atoms with Crippen LogP contribution in [0.3, 0.4) is 0 Å². The lowest BCUT2D eigenvalue weighted by atomic mass is 9.98. The molecule has 172 valence electrons. The summed E-state index contributed by atoms with van der Waals surface area (Å²) >= 11 is 1.69. The summed E-state index contributed by atoms with van der Waals surface area (Å²) in [4.78, 5) is 28.3. The molecule has 1 aliphatic rings. The smallest absolute Gasteiger partial charge is 0.255 e. The van der Waals surface area contributed by atoms with Gasteiger partial charge in [0.2, 0.25) is 0 Å². The quantitative estimate of drug-likeness (QED) is 0.425. The predicted octanol–water partition coefficient (Wildman–Crippen LogP) is 5.05. The van der Waals surface area contributed by atoms with Gasteiger partial charge >= 0.3 is 0 Å². The highest BCUT2D eigenvalue weighted by atomic mass is 32.2. The van der Waals surface area contributed by atoms with E-state index in [2.05, 4.69) is 5.32 Å². The summed E-state index contributed by atoms with van der Waals surface area (Å²) in [7, 11) is 1.63. The monoisotopic (exact) mass is 472 g/mol. The lowest BCUT2D eigenvalue weighted by Crippen LogP contribution is -2.44. The van der Waals surface area contributed by atoms with Crippen LogP contribution in [0.5, 0.6) is 5.75 Å².